The molecule has 2 bridgehead atoms. The molecule has 2 aliphatic rings. The molecule has 1 saturated heterocycles. The van der Waals surface area contributed by atoms with E-state index in [4.69, 9.17) is 4.74 Å². The van der Waals surface area contributed by atoms with Crippen LogP contribution in [-0.4, -0.2) is 23.6 Å². The summed E-state index contributed by atoms with van der Waals surface area (Å²) >= 11 is 0. The first kappa shape index (κ1) is 11.3. The van der Waals surface area contributed by atoms with E-state index >= 15 is 0 Å². The summed E-state index contributed by atoms with van der Waals surface area (Å²) in [7, 11) is 0. The Morgan fingerprint density at radius 1 is 1.39 bits per heavy atom. The van der Waals surface area contributed by atoms with Gasteiger partial charge in [0.2, 0.25) is 0 Å². The van der Waals surface area contributed by atoms with E-state index < -0.39 is 0 Å². The van der Waals surface area contributed by atoms with Crippen molar-refractivity contribution in [2.75, 3.05) is 6.54 Å². The molecule has 1 heterocycles. The predicted octanol–water partition coefficient (Wildman–Crippen LogP) is 2.97. The third-order valence-corrected chi connectivity index (χ3v) is 3.85. The fraction of sp³-hybridized carbons (Fsp3) is 0.400. The molecule has 2 atom stereocenters. The molecule has 1 amide bonds. The molecule has 3 heteroatoms. The minimum atomic E-state index is -0.202. The highest BCUT2D eigenvalue weighted by Gasteiger charge is 2.43. The monoisotopic (exact) mass is 243 g/mol. The molecule has 1 aliphatic carbocycles. The summed E-state index contributed by atoms with van der Waals surface area (Å²) in [4.78, 5) is 13.8. The lowest BCUT2D eigenvalue weighted by Gasteiger charge is -2.27. The molecule has 1 aliphatic heterocycles. The Kier molecular flexibility index (Phi) is 2.82. The molecule has 3 nitrogen and oxygen atoms in total. The van der Waals surface area contributed by atoms with Gasteiger partial charge in [0, 0.05) is 6.54 Å². The van der Waals surface area contributed by atoms with Crippen molar-refractivity contribution in [2.24, 2.45) is 5.92 Å². The van der Waals surface area contributed by atoms with Crippen molar-refractivity contribution in [2.45, 2.75) is 25.5 Å². The third-order valence-electron chi connectivity index (χ3n) is 3.85. The Morgan fingerprint density at radius 3 is 2.83 bits per heavy atom. The van der Waals surface area contributed by atoms with E-state index in [0.717, 1.165) is 24.9 Å². The Balaban J connectivity index is 1.58. The summed E-state index contributed by atoms with van der Waals surface area (Å²) in [5.74, 6) is 0.603. The van der Waals surface area contributed by atoms with Crippen molar-refractivity contribution in [3.8, 4) is 0 Å². The minimum absolute atomic E-state index is 0.202. The van der Waals surface area contributed by atoms with E-state index in [9.17, 15) is 4.79 Å². The number of hydrogen-bond acceptors (Lipinski definition) is 2. The van der Waals surface area contributed by atoms with Crippen LogP contribution < -0.4 is 0 Å². The number of carbonyl (C=O) groups is 1. The molecule has 0 aromatic heterocycles. The van der Waals surface area contributed by atoms with Crippen LogP contribution in [0.5, 0.6) is 0 Å². The molecule has 1 saturated carbocycles. The van der Waals surface area contributed by atoms with Gasteiger partial charge in [-0.05, 0) is 24.3 Å². The normalized spacial score (nSPS) is 25.6. The molecular weight excluding hydrogens is 226 g/mol. The van der Waals surface area contributed by atoms with Gasteiger partial charge in [0.1, 0.15) is 6.61 Å². The summed E-state index contributed by atoms with van der Waals surface area (Å²) in [5, 5.41) is 0. The van der Waals surface area contributed by atoms with Crippen molar-refractivity contribution in [3.05, 3.63) is 48.0 Å². The van der Waals surface area contributed by atoms with Crippen molar-refractivity contribution >= 4 is 6.09 Å². The van der Waals surface area contributed by atoms with Gasteiger partial charge in [0.05, 0.1) is 6.04 Å². The minimum Gasteiger partial charge on any atom is -0.445 e. The summed E-state index contributed by atoms with van der Waals surface area (Å²) in [6.07, 6.45) is 1.94. The first-order valence-electron chi connectivity index (χ1n) is 6.39. The van der Waals surface area contributed by atoms with Gasteiger partial charge in [0.25, 0.3) is 0 Å². The van der Waals surface area contributed by atoms with Crippen LogP contribution in [-0.2, 0) is 11.3 Å². The first-order chi connectivity index (χ1) is 8.74. The van der Waals surface area contributed by atoms with Gasteiger partial charge in [-0.1, -0.05) is 42.5 Å². The van der Waals surface area contributed by atoms with E-state index in [2.05, 4.69) is 6.58 Å². The maximum absolute atomic E-state index is 12.0. The van der Waals surface area contributed by atoms with E-state index in [-0.39, 0.29) is 12.1 Å². The largest absolute Gasteiger partial charge is 0.445 e. The van der Waals surface area contributed by atoms with Crippen molar-refractivity contribution in [3.63, 3.8) is 0 Å². The predicted molar refractivity (Wildman–Crippen MR) is 69.0 cm³/mol. The standard InChI is InChI=1S/C15H17NO2/c1-11-7-13-8-14(11)16(9-13)15(17)18-10-12-5-3-2-4-6-12/h2-6,13-14H,1,7-10H2. The third kappa shape index (κ3) is 2.01. The summed E-state index contributed by atoms with van der Waals surface area (Å²) in [6, 6.07) is 9.99. The van der Waals surface area contributed by atoms with Crippen LogP contribution in [0.25, 0.3) is 0 Å². The maximum Gasteiger partial charge on any atom is 0.410 e. The average molecular weight is 243 g/mol. The second kappa shape index (κ2) is 4.48. The van der Waals surface area contributed by atoms with Crippen LogP contribution in [0.1, 0.15) is 18.4 Å². The lowest BCUT2D eigenvalue weighted by Crippen LogP contribution is -2.38. The smallest absolute Gasteiger partial charge is 0.410 e. The number of amides is 1. The average Bonchev–Trinajstić information content (AvgIpc) is 2.96. The SMILES string of the molecule is C=C1CC2CC1N(C(=O)OCc1ccccc1)C2. The molecule has 2 fully saturated rings. The van der Waals surface area contributed by atoms with Gasteiger partial charge in [-0.3, -0.25) is 0 Å². The molecule has 2 unspecified atom stereocenters. The summed E-state index contributed by atoms with van der Waals surface area (Å²) in [6.45, 7) is 5.22. The van der Waals surface area contributed by atoms with Crippen LogP contribution >= 0.6 is 0 Å². The highest BCUT2D eigenvalue weighted by atomic mass is 16.6. The Morgan fingerprint density at radius 2 is 2.17 bits per heavy atom. The van der Waals surface area contributed by atoms with Crippen LogP contribution in [0, 0.1) is 5.92 Å². The molecular formula is C15H17NO2. The number of hydrogen-bond donors (Lipinski definition) is 0. The zero-order valence-corrected chi connectivity index (χ0v) is 10.3. The molecule has 94 valence electrons. The second-order valence-electron chi connectivity index (χ2n) is 5.17. The Hall–Kier alpha value is -1.77. The summed E-state index contributed by atoms with van der Waals surface area (Å²) < 4.78 is 5.36. The van der Waals surface area contributed by atoms with E-state index in [1.165, 1.54) is 5.57 Å². The molecule has 3 rings (SSSR count). The second-order valence-corrected chi connectivity index (χ2v) is 5.17. The topological polar surface area (TPSA) is 29.5 Å². The lowest BCUT2D eigenvalue weighted by atomic mass is 10.1. The Labute approximate surface area is 107 Å². The van der Waals surface area contributed by atoms with E-state index in [0.29, 0.717) is 12.5 Å². The number of carbonyl (C=O) groups excluding carboxylic acids is 1. The maximum atomic E-state index is 12.0. The molecule has 1 aromatic rings. The molecule has 0 N–H and O–H groups in total. The quantitative estimate of drug-likeness (QED) is 0.747. The molecule has 0 spiro atoms. The van der Waals surface area contributed by atoms with Crippen molar-refractivity contribution < 1.29 is 9.53 Å². The van der Waals surface area contributed by atoms with Crippen molar-refractivity contribution in [1.82, 2.24) is 4.90 Å². The number of benzene rings is 1. The van der Waals surface area contributed by atoms with E-state index in [1.54, 1.807) is 0 Å². The zero-order chi connectivity index (χ0) is 12.5. The Bertz CT molecular complexity index is 469. The van der Waals surface area contributed by atoms with Crippen LogP contribution in [0.3, 0.4) is 0 Å². The lowest BCUT2D eigenvalue weighted by molar-refractivity contribution is 0.0923. The fourth-order valence-corrected chi connectivity index (χ4v) is 2.97. The zero-order valence-electron chi connectivity index (χ0n) is 10.3. The van der Waals surface area contributed by atoms with Crippen LogP contribution in [0.15, 0.2) is 42.5 Å². The highest BCUT2D eigenvalue weighted by Crippen LogP contribution is 2.40. The van der Waals surface area contributed by atoms with Crippen LogP contribution in [0.4, 0.5) is 4.79 Å². The summed E-state index contributed by atoms with van der Waals surface area (Å²) in [5.41, 5.74) is 2.21. The van der Waals surface area contributed by atoms with Gasteiger partial charge in [-0.25, -0.2) is 4.79 Å². The fourth-order valence-electron chi connectivity index (χ4n) is 2.97. The van der Waals surface area contributed by atoms with Gasteiger partial charge in [-0.15, -0.1) is 0 Å². The first-order valence-corrected chi connectivity index (χ1v) is 6.39. The van der Waals surface area contributed by atoms with Crippen molar-refractivity contribution in [1.29, 1.82) is 0 Å². The number of rotatable bonds is 2. The molecule has 1 aromatic carbocycles. The number of piperidine rings is 1. The van der Waals surface area contributed by atoms with E-state index in [1.807, 2.05) is 35.2 Å². The number of ether oxygens (including phenoxy) is 1. The van der Waals surface area contributed by atoms with Gasteiger partial charge in [-0.2, -0.15) is 0 Å². The number of fused-ring (bicyclic) bond motifs is 2. The molecule has 18 heavy (non-hydrogen) atoms. The molecule has 0 radical (unpaired) electrons. The van der Waals surface area contributed by atoms with Gasteiger partial charge >= 0.3 is 6.09 Å². The van der Waals surface area contributed by atoms with Gasteiger partial charge < -0.3 is 9.64 Å². The van der Waals surface area contributed by atoms with Gasteiger partial charge in [0.15, 0.2) is 0 Å². The van der Waals surface area contributed by atoms with Crippen LogP contribution in [0.2, 0.25) is 0 Å². The number of likely N-dealkylation sites (tertiary alicyclic amines) is 1. The highest BCUT2D eigenvalue weighted by molar-refractivity contribution is 5.69. The number of nitrogens with zero attached hydrogens (tertiary/aromatic N) is 1.